The van der Waals surface area contributed by atoms with Gasteiger partial charge in [0.25, 0.3) is 6.47 Å². The smallest absolute Gasteiger partial charge is 0.338 e. The summed E-state index contributed by atoms with van der Waals surface area (Å²) in [6.07, 6.45) is 3.19. The molecule has 5 aromatic rings. The van der Waals surface area contributed by atoms with Gasteiger partial charge in [0.05, 0.1) is 11.3 Å². The molecule has 0 aliphatic rings. The molecule has 0 atom stereocenters. The number of phenols is 2. The van der Waals surface area contributed by atoms with Crippen molar-refractivity contribution >= 4 is 30.6 Å². The third-order valence-electron chi connectivity index (χ3n) is 6.20. The molecule has 5 aromatic carbocycles. The number of nitrogens with zero attached hydrogens (tertiary/aromatic N) is 2. The molecule has 0 saturated carbocycles. The normalized spacial score (nSPS) is 10.3. The van der Waals surface area contributed by atoms with Crippen LogP contribution in [0.25, 0.3) is 0 Å². The van der Waals surface area contributed by atoms with E-state index < -0.39 is 5.97 Å². The number of ether oxygens (including phenoxy) is 2. The summed E-state index contributed by atoms with van der Waals surface area (Å²) in [6, 6.07) is 38.5. The summed E-state index contributed by atoms with van der Waals surface area (Å²) in [4.78, 5) is 29.9. The molecule has 0 saturated heterocycles. The Labute approximate surface area is 269 Å². The largest absolute Gasteiger partial charge is 0.507 e. The van der Waals surface area contributed by atoms with Crippen LogP contribution in [0.1, 0.15) is 38.2 Å². The molecular weight excluding hydrogens is 580 g/mol. The number of aromatic hydroxyl groups is 2. The highest BCUT2D eigenvalue weighted by molar-refractivity contribution is 5.93. The molecule has 0 aromatic heterocycles. The fraction of sp³-hybridized carbons (Fsp3) is 0.105. The van der Waals surface area contributed by atoms with E-state index in [9.17, 15) is 19.8 Å². The monoisotopic (exact) mass is 616 g/mol. The number of esters is 1. The average Bonchev–Trinajstić information content (AvgIpc) is 3.09. The SMILES string of the molecule is CN=Cc1ccc(C)cc1O.O=C(OCc1ccccc1)c1ccc(C=Nc2ccccc2)c(O)c1.O=COCc1ccccc1. The number of aliphatic imine (C=N–C) groups is 2. The summed E-state index contributed by atoms with van der Waals surface area (Å²) in [5, 5.41) is 19.4. The van der Waals surface area contributed by atoms with Gasteiger partial charge in [-0.15, -0.1) is 0 Å². The first-order valence-corrected chi connectivity index (χ1v) is 14.3. The number of rotatable bonds is 9. The lowest BCUT2D eigenvalue weighted by molar-refractivity contribution is -0.129. The van der Waals surface area contributed by atoms with E-state index in [-0.39, 0.29) is 18.1 Å². The number of carbonyl (C=O) groups excluding carboxylic acids is 2. The summed E-state index contributed by atoms with van der Waals surface area (Å²) in [6.45, 7) is 2.95. The summed E-state index contributed by atoms with van der Waals surface area (Å²) in [7, 11) is 1.68. The minimum absolute atomic E-state index is 0.0196. The van der Waals surface area contributed by atoms with Crippen molar-refractivity contribution < 1.29 is 29.3 Å². The summed E-state index contributed by atoms with van der Waals surface area (Å²) in [5.41, 5.74) is 5.34. The van der Waals surface area contributed by atoms with Crippen molar-refractivity contribution in [3.63, 3.8) is 0 Å². The van der Waals surface area contributed by atoms with Gasteiger partial charge in [-0.2, -0.15) is 0 Å². The van der Waals surface area contributed by atoms with Gasteiger partial charge in [-0.05, 0) is 66.1 Å². The van der Waals surface area contributed by atoms with E-state index in [1.807, 2.05) is 110 Å². The Balaban J connectivity index is 0.000000225. The van der Waals surface area contributed by atoms with Gasteiger partial charge in [0.2, 0.25) is 0 Å². The van der Waals surface area contributed by atoms with Gasteiger partial charge in [-0.1, -0.05) is 84.9 Å². The average molecular weight is 617 g/mol. The molecule has 0 radical (unpaired) electrons. The topological polar surface area (TPSA) is 118 Å². The second-order valence-corrected chi connectivity index (χ2v) is 9.77. The van der Waals surface area contributed by atoms with Gasteiger partial charge < -0.3 is 19.7 Å². The molecule has 0 spiro atoms. The quantitative estimate of drug-likeness (QED) is 0.100. The number of phenolic OH excluding ortho intramolecular Hbond substituents is 2. The first-order valence-electron chi connectivity index (χ1n) is 14.3. The van der Waals surface area contributed by atoms with Gasteiger partial charge in [-0.25, -0.2) is 4.79 Å². The molecule has 0 fully saturated rings. The van der Waals surface area contributed by atoms with Crippen LogP contribution in [-0.2, 0) is 27.5 Å². The first kappa shape index (κ1) is 34.5. The van der Waals surface area contributed by atoms with Crippen LogP contribution in [0.3, 0.4) is 0 Å². The van der Waals surface area contributed by atoms with Crippen molar-refractivity contribution in [2.24, 2.45) is 9.98 Å². The van der Waals surface area contributed by atoms with E-state index in [2.05, 4.69) is 14.7 Å². The molecule has 0 aliphatic carbocycles. The number of hydrogen-bond donors (Lipinski definition) is 2. The van der Waals surface area contributed by atoms with Crippen LogP contribution in [0.4, 0.5) is 5.69 Å². The molecule has 0 amide bonds. The van der Waals surface area contributed by atoms with Crippen LogP contribution >= 0.6 is 0 Å². The number of benzene rings is 5. The maximum absolute atomic E-state index is 12.1. The third-order valence-corrected chi connectivity index (χ3v) is 6.20. The van der Waals surface area contributed by atoms with Crippen molar-refractivity contribution in [2.45, 2.75) is 20.1 Å². The van der Waals surface area contributed by atoms with Crippen molar-refractivity contribution in [1.82, 2.24) is 0 Å². The van der Waals surface area contributed by atoms with Crippen LogP contribution < -0.4 is 0 Å². The summed E-state index contributed by atoms with van der Waals surface area (Å²) >= 11 is 0. The van der Waals surface area contributed by atoms with Crippen molar-refractivity contribution in [3.8, 4) is 11.5 Å². The molecule has 8 nitrogen and oxygen atoms in total. The number of carbonyl (C=O) groups is 2. The van der Waals surface area contributed by atoms with Crippen LogP contribution in [0.5, 0.6) is 11.5 Å². The maximum atomic E-state index is 12.1. The predicted octanol–water partition coefficient (Wildman–Crippen LogP) is 7.61. The van der Waals surface area contributed by atoms with E-state index in [1.165, 1.54) is 6.07 Å². The van der Waals surface area contributed by atoms with Crippen LogP contribution in [-0.4, -0.2) is 42.1 Å². The number of aryl methyl sites for hydroxylation is 1. The maximum Gasteiger partial charge on any atom is 0.338 e. The fourth-order valence-corrected chi connectivity index (χ4v) is 3.85. The van der Waals surface area contributed by atoms with Crippen LogP contribution in [0.15, 0.2) is 137 Å². The first-order chi connectivity index (χ1) is 22.4. The lowest BCUT2D eigenvalue weighted by Crippen LogP contribution is -2.05. The Kier molecular flexibility index (Phi) is 14.5. The fourth-order valence-electron chi connectivity index (χ4n) is 3.85. The lowest BCUT2D eigenvalue weighted by atomic mass is 10.1. The van der Waals surface area contributed by atoms with Gasteiger partial charge in [0, 0.05) is 30.6 Å². The zero-order valence-electron chi connectivity index (χ0n) is 25.7. The molecule has 2 N–H and O–H groups in total. The third kappa shape index (κ3) is 12.3. The van der Waals surface area contributed by atoms with Gasteiger partial charge in [0.1, 0.15) is 24.7 Å². The molecule has 46 heavy (non-hydrogen) atoms. The van der Waals surface area contributed by atoms with Crippen molar-refractivity contribution in [1.29, 1.82) is 0 Å². The molecule has 0 heterocycles. The molecular formula is C38H36N2O6. The minimum atomic E-state index is -0.481. The molecule has 234 valence electrons. The predicted molar refractivity (Wildman–Crippen MR) is 181 cm³/mol. The van der Waals surface area contributed by atoms with E-state index in [0.29, 0.717) is 24.2 Å². The molecule has 0 aliphatic heterocycles. The molecule has 5 rings (SSSR count). The summed E-state index contributed by atoms with van der Waals surface area (Å²) in [5.74, 6) is -0.213. The Hall–Kier alpha value is -6.02. The second kappa shape index (κ2) is 19.3. The zero-order chi connectivity index (χ0) is 33.0. The Morgan fingerprint density at radius 2 is 1.24 bits per heavy atom. The van der Waals surface area contributed by atoms with E-state index in [4.69, 9.17) is 4.74 Å². The Morgan fingerprint density at radius 3 is 1.80 bits per heavy atom. The lowest BCUT2D eigenvalue weighted by Gasteiger charge is -2.06. The van der Waals surface area contributed by atoms with Gasteiger partial charge in [-0.3, -0.25) is 14.8 Å². The molecule has 0 unspecified atom stereocenters. The molecule has 0 bridgehead atoms. The van der Waals surface area contributed by atoms with Crippen LogP contribution in [0.2, 0.25) is 0 Å². The highest BCUT2D eigenvalue weighted by Crippen LogP contribution is 2.20. The van der Waals surface area contributed by atoms with Gasteiger partial charge in [0.15, 0.2) is 0 Å². The Morgan fingerprint density at radius 1 is 0.696 bits per heavy atom. The zero-order valence-corrected chi connectivity index (χ0v) is 25.7. The van der Waals surface area contributed by atoms with Crippen molar-refractivity contribution in [3.05, 3.63) is 161 Å². The number of hydrogen-bond acceptors (Lipinski definition) is 8. The minimum Gasteiger partial charge on any atom is -0.507 e. The Bertz CT molecular complexity index is 1710. The highest BCUT2D eigenvalue weighted by atomic mass is 16.5. The van der Waals surface area contributed by atoms with E-state index in [1.54, 1.807) is 37.7 Å². The standard InChI is InChI=1S/C21H17NO3.C9H11NO.C8H8O2/c23-20-13-17(21(24)25-15-16-7-3-1-4-8-16)11-12-18(20)14-22-19-9-5-2-6-10-19;1-7-3-4-8(6-10-2)9(11)5-7;9-7-10-6-8-4-2-1-3-5-8/h1-14,23H,15H2;3-6,11H,1-2H3;1-5,7H,6H2. The summed E-state index contributed by atoms with van der Waals surface area (Å²) < 4.78 is 9.79. The highest BCUT2D eigenvalue weighted by Gasteiger charge is 2.10. The van der Waals surface area contributed by atoms with E-state index >= 15 is 0 Å². The molecule has 8 heteroatoms. The van der Waals surface area contributed by atoms with Crippen molar-refractivity contribution in [2.75, 3.05) is 7.05 Å². The number of para-hydroxylation sites is 1. The van der Waals surface area contributed by atoms with Crippen LogP contribution in [0, 0.1) is 6.92 Å². The van der Waals surface area contributed by atoms with Gasteiger partial charge >= 0.3 is 5.97 Å². The van der Waals surface area contributed by atoms with E-state index in [0.717, 1.165) is 27.9 Å². The second-order valence-electron chi connectivity index (χ2n) is 9.77.